The number of β-amino-alcohol motifs (C(OH)–C–C–N with tert-alkyl or cyclic N) is 2. The number of piperidine rings is 1. The number of likely N-dealkylation sites (tertiary alicyclic amines) is 1. The van der Waals surface area contributed by atoms with Crippen molar-refractivity contribution < 1.29 is 14.9 Å². The zero-order valence-corrected chi connectivity index (χ0v) is 14.5. The molecule has 0 spiro atoms. The highest BCUT2D eigenvalue weighted by Crippen LogP contribution is 2.26. The highest BCUT2D eigenvalue weighted by molar-refractivity contribution is 5.29. The molecular formula is C21H27NO3. The van der Waals surface area contributed by atoms with Crippen LogP contribution in [-0.4, -0.2) is 53.6 Å². The summed E-state index contributed by atoms with van der Waals surface area (Å²) < 4.78 is 6.11. The second-order valence-electron chi connectivity index (χ2n) is 6.74. The van der Waals surface area contributed by atoms with Crippen LogP contribution in [0.5, 0.6) is 0 Å². The molecule has 1 heterocycles. The molecule has 3 rings (SSSR count). The van der Waals surface area contributed by atoms with Gasteiger partial charge in [-0.25, -0.2) is 0 Å². The highest BCUT2D eigenvalue weighted by atomic mass is 16.5. The number of aliphatic hydroxyl groups is 2. The number of aliphatic hydroxyl groups excluding tert-OH is 2. The van der Waals surface area contributed by atoms with Crippen LogP contribution in [0.4, 0.5) is 0 Å². The molecule has 1 aliphatic heterocycles. The summed E-state index contributed by atoms with van der Waals surface area (Å²) in [6.07, 6.45) is 0.797. The van der Waals surface area contributed by atoms with Crippen LogP contribution in [0.25, 0.3) is 0 Å². The van der Waals surface area contributed by atoms with Gasteiger partial charge in [-0.05, 0) is 30.5 Å². The van der Waals surface area contributed by atoms with Crippen molar-refractivity contribution in [2.45, 2.75) is 31.2 Å². The summed E-state index contributed by atoms with van der Waals surface area (Å²) in [6, 6.07) is 20.2. The van der Waals surface area contributed by atoms with Crippen LogP contribution in [0.15, 0.2) is 60.7 Å². The Morgan fingerprint density at radius 2 is 1.60 bits per heavy atom. The SMILES string of the molecule is O[C@@H]1CCCN(C[C@H](O)COC(c2ccccc2)c2ccccc2)C1. The van der Waals surface area contributed by atoms with E-state index in [2.05, 4.69) is 4.90 Å². The first-order valence-electron chi connectivity index (χ1n) is 9.02. The third-order valence-corrected chi connectivity index (χ3v) is 4.61. The Morgan fingerprint density at radius 1 is 1.00 bits per heavy atom. The maximum atomic E-state index is 10.4. The van der Waals surface area contributed by atoms with E-state index >= 15 is 0 Å². The van der Waals surface area contributed by atoms with Gasteiger partial charge in [0.1, 0.15) is 6.10 Å². The van der Waals surface area contributed by atoms with Crippen LogP contribution in [0.3, 0.4) is 0 Å². The lowest BCUT2D eigenvalue weighted by Crippen LogP contribution is -2.43. The third kappa shape index (κ3) is 5.38. The number of benzene rings is 2. The van der Waals surface area contributed by atoms with Gasteiger partial charge in [0, 0.05) is 13.1 Å². The zero-order chi connectivity index (χ0) is 17.5. The van der Waals surface area contributed by atoms with Crippen molar-refractivity contribution in [1.29, 1.82) is 0 Å². The van der Waals surface area contributed by atoms with Gasteiger partial charge in [0.05, 0.1) is 18.8 Å². The molecule has 2 aromatic rings. The monoisotopic (exact) mass is 341 g/mol. The standard InChI is InChI=1S/C21H27NO3/c23-19-12-7-13-22(14-19)15-20(24)16-25-21(17-8-3-1-4-9-17)18-10-5-2-6-11-18/h1-6,8-11,19-21,23-24H,7,12-16H2/t19-,20+/m1/s1. The molecule has 134 valence electrons. The number of hydrogen-bond acceptors (Lipinski definition) is 4. The molecule has 0 aromatic heterocycles. The van der Waals surface area contributed by atoms with Gasteiger partial charge >= 0.3 is 0 Å². The predicted octanol–water partition coefficient (Wildman–Crippen LogP) is 2.61. The average Bonchev–Trinajstić information content (AvgIpc) is 2.64. The van der Waals surface area contributed by atoms with Gasteiger partial charge in [-0.3, -0.25) is 4.90 Å². The van der Waals surface area contributed by atoms with Crippen LogP contribution >= 0.6 is 0 Å². The van der Waals surface area contributed by atoms with E-state index in [1.54, 1.807) is 0 Å². The molecule has 0 aliphatic carbocycles. The molecule has 2 atom stereocenters. The highest BCUT2D eigenvalue weighted by Gasteiger charge is 2.21. The molecule has 1 saturated heterocycles. The fourth-order valence-corrected chi connectivity index (χ4v) is 3.40. The van der Waals surface area contributed by atoms with Gasteiger partial charge in [-0.15, -0.1) is 0 Å². The summed E-state index contributed by atoms with van der Waals surface area (Å²) in [5.74, 6) is 0. The second kappa shape index (κ2) is 9.11. The van der Waals surface area contributed by atoms with Gasteiger partial charge in [-0.1, -0.05) is 60.7 Å². The van der Waals surface area contributed by atoms with Crippen LogP contribution < -0.4 is 0 Å². The van der Waals surface area contributed by atoms with Gasteiger partial charge in [0.15, 0.2) is 0 Å². The lowest BCUT2D eigenvalue weighted by molar-refractivity contribution is -0.0205. The first-order valence-corrected chi connectivity index (χ1v) is 9.02. The van der Waals surface area contributed by atoms with Crippen molar-refractivity contribution in [3.8, 4) is 0 Å². The minimum atomic E-state index is -0.569. The van der Waals surface area contributed by atoms with Crippen molar-refractivity contribution in [2.24, 2.45) is 0 Å². The van der Waals surface area contributed by atoms with Crippen LogP contribution in [-0.2, 0) is 4.74 Å². The molecule has 1 fully saturated rings. The minimum absolute atomic E-state index is 0.191. The molecule has 2 aromatic carbocycles. The lowest BCUT2D eigenvalue weighted by atomic mass is 10.0. The molecule has 0 saturated carbocycles. The zero-order valence-electron chi connectivity index (χ0n) is 14.5. The molecule has 0 amide bonds. The Hall–Kier alpha value is -1.72. The summed E-state index contributed by atoms with van der Waals surface area (Å²) in [5.41, 5.74) is 2.16. The van der Waals surface area contributed by atoms with E-state index < -0.39 is 6.10 Å². The summed E-state index contributed by atoms with van der Waals surface area (Å²) >= 11 is 0. The minimum Gasteiger partial charge on any atom is -0.392 e. The molecule has 1 aliphatic rings. The van der Waals surface area contributed by atoms with Crippen molar-refractivity contribution in [1.82, 2.24) is 4.90 Å². The maximum absolute atomic E-state index is 10.4. The Bertz CT molecular complexity index is 580. The molecule has 4 heteroatoms. The van der Waals surface area contributed by atoms with Crippen LogP contribution in [0.1, 0.15) is 30.1 Å². The van der Waals surface area contributed by atoms with Crippen LogP contribution in [0, 0.1) is 0 Å². The normalized spacial score (nSPS) is 19.9. The van der Waals surface area contributed by atoms with Gasteiger partial charge in [0.2, 0.25) is 0 Å². The smallest absolute Gasteiger partial charge is 0.108 e. The molecule has 4 nitrogen and oxygen atoms in total. The van der Waals surface area contributed by atoms with Crippen molar-refractivity contribution >= 4 is 0 Å². The fourth-order valence-electron chi connectivity index (χ4n) is 3.40. The van der Waals surface area contributed by atoms with Crippen molar-refractivity contribution in [2.75, 3.05) is 26.2 Å². The number of ether oxygens (including phenoxy) is 1. The molecular weight excluding hydrogens is 314 g/mol. The first kappa shape index (κ1) is 18.1. The van der Waals surface area contributed by atoms with E-state index in [4.69, 9.17) is 4.74 Å². The predicted molar refractivity (Wildman–Crippen MR) is 98.4 cm³/mol. The molecule has 25 heavy (non-hydrogen) atoms. The van der Waals surface area contributed by atoms with Crippen molar-refractivity contribution in [3.05, 3.63) is 71.8 Å². The van der Waals surface area contributed by atoms with Gasteiger partial charge < -0.3 is 14.9 Å². The third-order valence-electron chi connectivity index (χ3n) is 4.61. The number of nitrogens with zero attached hydrogens (tertiary/aromatic N) is 1. The summed E-state index contributed by atoms with van der Waals surface area (Å²) in [7, 11) is 0. The summed E-state index contributed by atoms with van der Waals surface area (Å²) in [5, 5.41) is 20.1. The lowest BCUT2D eigenvalue weighted by Gasteiger charge is -2.31. The number of hydrogen-bond donors (Lipinski definition) is 2. The Balaban J connectivity index is 1.61. The summed E-state index contributed by atoms with van der Waals surface area (Å²) in [6.45, 7) is 2.36. The topological polar surface area (TPSA) is 52.9 Å². The Labute approximate surface area is 149 Å². The molecule has 0 radical (unpaired) electrons. The largest absolute Gasteiger partial charge is 0.392 e. The van der Waals surface area contributed by atoms with E-state index in [0.29, 0.717) is 13.1 Å². The fraction of sp³-hybridized carbons (Fsp3) is 0.429. The molecule has 2 N–H and O–H groups in total. The van der Waals surface area contributed by atoms with Gasteiger partial charge in [0.25, 0.3) is 0 Å². The van der Waals surface area contributed by atoms with E-state index in [0.717, 1.165) is 30.5 Å². The maximum Gasteiger partial charge on any atom is 0.108 e. The first-order chi connectivity index (χ1) is 12.2. The van der Waals surface area contributed by atoms with Crippen molar-refractivity contribution in [3.63, 3.8) is 0 Å². The molecule has 0 unspecified atom stereocenters. The average molecular weight is 341 g/mol. The van der Waals surface area contributed by atoms with Crippen LogP contribution in [0.2, 0.25) is 0 Å². The summed E-state index contributed by atoms with van der Waals surface area (Å²) in [4.78, 5) is 2.11. The number of rotatable bonds is 7. The van der Waals surface area contributed by atoms with E-state index in [1.807, 2.05) is 60.7 Å². The quantitative estimate of drug-likeness (QED) is 0.813. The van der Waals surface area contributed by atoms with Gasteiger partial charge in [-0.2, -0.15) is 0 Å². The molecule has 0 bridgehead atoms. The Kier molecular flexibility index (Phi) is 6.59. The van der Waals surface area contributed by atoms with E-state index in [1.165, 1.54) is 0 Å². The second-order valence-corrected chi connectivity index (χ2v) is 6.74. The van der Waals surface area contributed by atoms with E-state index in [9.17, 15) is 10.2 Å². The van der Waals surface area contributed by atoms with E-state index in [-0.39, 0.29) is 18.8 Å². The Morgan fingerprint density at radius 3 is 2.16 bits per heavy atom.